The minimum Gasteiger partial charge on any atom is -0.497 e. The molecule has 0 radical (unpaired) electrons. The zero-order chi connectivity index (χ0) is 25.0. The molecule has 0 aliphatic heterocycles. The second kappa shape index (κ2) is 10.2. The van der Waals surface area contributed by atoms with Gasteiger partial charge in [0.15, 0.2) is 0 Å². The maximum Gasteiger partial charge on any atom is 0.262 e. The molecule has 3 aromatic rings. The van der Waals surface area contributed by atoms with E-state index in [2.05, 4.69) is 10.0 Å². The van der Waals surface area contributed by atoms with Gasteiger partial charge < -0.3 is 14.8 Å². The largest absolute Gasteiger partial charge is 0.497 e. The number of ether oxygens (including phenoxy) is 2. The molecule has 1 atom stereocenters. The Labute approximate surface area is 201 Å². The molecule has 3 aromatic carbocycles. The maximum atomic E-state index is 13.1. The summed E-state index contributed by atoms with van der Waals surface area (Å²) in [5.74, 6) is 0.844. The van der Waals surface area contributed by atoms with Gasteiger partial charge in [-0.05, 0) is 86.8 Å². The number of methoxy groups -OCH3 is 2. The Bertz CT molecular complexity index is 1300. The molecule has 180 valence electrons. The number of sulfonamides is 1. The number of nitrogens with one attached hydrogen (secondary N) is 2. The zero-order valence-corrected chi connectivity index (χ0v) is 21.0. The lowest BCUT2D eigenvalue weighted by molar-refractivity contribution is 0.0939. The maximum absolute atomic E-state index is 13.1. The van der Waals surface area contributed by atoms with Crippen LogP contribution in [0, 0.1) is 20.8 Å². The number of hydrogen-bond acceptors (Lipinski definition) is 5. The number of hydrogen-bond donors (Lipinski definition) is 2. The number of rotatable bonds is 8. The molecule has 0 aromatic heterocycles. The molecule has 0 saturated carbocycles. The molecule has 0 fully saturated rings. The third kappa shape index (κ3) is 5.69. The topological polar surface area (TPSA) is 93.7 Å². The first kappa shape index (κ1) is 25.1. The molecule has 1 amide bonds. The molecule has 3 rings (SSSR count). The van der Waals surface area contributed by atoms with E-state index in [0.29, 0.717) is 22.7 Å². The quantitative estimate of drug-likeness (QED) is 0.475. The fourth-order valence-electron chi connectivity index (χ4n) is 3.81. The van der Waals surface area contributed by atoms with E-state index < -0.39 is 22.0 Å². The zero-order valence-electron chi connectivity index (χ0n) is 20.2. The van der Waals surface area contributed by atoms with Crippen LogP contribution in [0.3, 0.4) is 0 Å². The van der Waals surface area contributed by atoms with Crippen molar-refractivity contribution in [2.75, 3.05) is 18.9 Å². The Balaban J connectivity index is 1.87. The van der Waals surface area contributed by atoms with Crippen molar-refractivity contribution in [2.24, 2.45) is 0 Å². The third-order valence-corrected chi connectivity index (χ3v) is 6.99. The molecular formula is C26H30N2O5S. The average Bonchev–Trinajstić information content (AvgIpc) is 2.77. The highest BCUT2D eigenvalue weighted by atomic mass is 32.2. The van der Waals surface area contributed by atoms with Crippen molar-refractivity contribution in [3.63, 3.8) is 0 Å². The van der Waals surface area contributed by atoms with Crippen LogP contribution in [-0.4, -0.2) is 28.5 Å². The van der Waals surface area contributed by atoms with Gasteiger partial charge in [-0.25, -0.2) is 8.42 Å². The SMILES string of the molecule is COc1ccc(OC)c([C@@H](C)NC(=O)c2ccc(C)c(S(=O)(=O)Nc3cc(C)cc(C)c3)c2)c1. The van der Waals surface area contributed by atoms with Gasteiger partial charge in [0, 0.05) is 16.8 Å². The second-order valence-electron chi connectivity index (χ2n) is 8.27. The fraction of sp³-hybridized carbons (Fsp3) is 0.269. The molecule has 0 heterocycles. The second-order valence-corrected chi connectivity index (χ2v) is 9.92. The van der Waals surface area contributed by atoms with Gasteiger partial charge >= 0.3 is 0 Å². The Morgan fingerprint density at radius 3 is 2.18 bits per heavy atom. The number of benzene rings is 3. The smallest absolute Gasteiger partial charge is 0.262 e. The van der Waals surface area contributed by atoms with Gasteiger partial charge in [0.2, 0.25) is 0 Å². The lowest BCUT2D eigenvalue weighted by Gasteiger charge is -2.19. The highest BCUT2D eigenvalue weighted by Gasteiger charge is 2.21. The van der Waals surface area contributed by atoms with Crippen LogP contribution in [0.5, 0.6) is 11.5 Å². The molecule has 34 heavy (non-hydrogen) atoms. The van der Waals surface area contributed by atoms with Crippen molar-refractivity contribution in [3.05, 3.63) is 82.4 Å². The molecule has 8 heteroatoms. The predicted octanol–water partition coefficient (Wildman–Crippen LogP) is 4.92. The highest BCUT2D eigenvalue weighted by Crippen LogP contribution is 2.30. The van der Waals surface area contributed by atoms with Gasteiger partial charge in [-0.2, -0.15) is 0 Å². The summed E-state index contributed by atoms with van der Waals surface area (Å²) in [6.45, 7) is 7.32. The summed E-state index contributed by atoms with van der Waals surface area (Å²) in [4.78, 5) is 13.1. The summed E-state index contributed by atoms with van der Waals surface area (Å²) in [5.41, 5.74) is 3.89. The Morgan fingerprint density at radius 2 is 1.56 bits per heavy atom. The van der Waals surface area contributed by atoms with E-state index >= 15 is 0 Å². The number of aryl methyl sites for hydroxylation is 3. The van der Waals surface area contributed by atoms with Crippen LogP contribution in [0.1, 0.15) is 45.6 Å². The van der Waals surface area contributed by atoms with Gasteiger partial charge in [0.1, 0.15) is 11.5 Å². The van der Waals surface area contributed by atoms with Crippen LogP contribution < -0.4 is 19.5 Å². The van der Waals surface area contributed by atoms with Crippen molar-refractivity contribution in [3.8, 4) is 11.5 Å². The fourth-order valence-corrected chi connectivity index (χ4v) is 5.12. The monoisotopic (exact) mass is 482 g/mol. The summed E-state index contributed by atoms with van der Waals surface area (Å²) in [5, 5.41) is 2.91. The Morgan fingerprint density at radius 1 is 0.882 bits per heavy atom. The van der Waals surface area contributed by atoms with Gasteiger partial charge in [-0.3, -0.25) is 9.52 Å². The van der Waals surface area contributed by atoms with Crippen LogP contribution in [-0.2, 0) is 10.0 Å². The highest BCUT2D eigenvalue weighted by molar-refractivity contribution is 7.92. The minimum atomic E-state index is -3.90. The first-order valence-corrected chi connectivity index (χ1v) is 12.3. The minimum absolute atomic E-state index is 0.0472. The van der Waals surface area contributed by atoms with E-state index in [9.17, 15) is 13.2 Å². The first-order chi connectivity index (χ1) is 16.0. The predicted molar refractivity (Wildman–Crippen MR) is 133 cm³/mol. The lowest BCUT2D eigenvalue weighted by Crippen LogP contribution is -2.27. The van der Waals surface area contributed by atoms with Crippen LogP contribution in [0.15, 0.2) is 59.5 Å². The molecule has 7 nitrogen and oxygen atoms in total. The van der Waals surface area contributed by atoms with Crippen LogP contribution >= 0.6 is 0 Å². The van der Waals surface area contributed by atoms with Crippen molar-refractivity contribution in [2.45, 2.75) is 38.6 Å². The first-order valence-electron chi connectivity index (χ1n) is 10.8. The van der Waals surface area contributed by atoms with Gasteiger partial charge in [0.25, 0.3) is 15.9 Å². The van der Waals surface area contributed by atoms with Gasteiger partial charge in [-0.1, -0.05) is 12.1 Å². The number of carbonyl (C=O) groups excluding carboxylic acids is 1. The lowest BCUT2D eigenvalue weighted by atomic mass is 10.1. The van der Waals surface area contributed by atoms with E-state index in [0.717, 1.165) is 16.7 Å². The van der Waals surface area contributed by atoms with E-state index in [4.69, 9.17) is 9.47 Å². The van der Waals surface area contributed by atoms with Crippen molar-refractivity contribution < 1.29 is 22.7 Å². The summed E-state index contributed by atoms with van der Waals surface area (Å²) < 4.78 is 39.6. The average molecular weight is 483 g/mol. The summed E-state index contributed by atoms with van der Waals surface area (Å²) >= 11 is 0. The Hall–Kier alpha value is -3.52. The van der Waals surface area contributed by atoms with Crippen LogP contribution in [0.2, 0.25) is 0 Å². The van der Waals surface area contributed by atoms with Gasteiger partial charge in [-0.15, -0.1) is 0 Å². The van der Waals surface area contributed by atoms with E-state index in [1.165, 1.54) is 6.07 Å². The van der Waals surface area contributed by atoms with E-state index in [-0.39, 0.29) is 10.5 Å². The molecule has 2 N–H and O–H groups in total. The molecule has 0 aliphatic rings. The van der Waals surface area contributed by atoms with E-state index in [1.807, 2.05) is 26.8 Å². The third-order valence-electron chi connectivity index (χ3n) is 5.46. The van der Waals surface area contributed by atoms with Crippen LogP contribution in [0.25, 0.3) is 0 Å². The summed E-state index contributed by atoms with van der Waals surface area (Å²) in [7, 11) is -0.780. The van der Waals surface area contributed by atoms with Crippen LogP contribution in [0.4, 0.5) is 5.69 Å². The molecule has 0 bridgehead atoms. The van der Waals surface area contributed by atoms with Gasteiger partial charge in [0.05, 0.1) is 25.2 Å². The molecule has 0 spiro atoms. The molecule has 0 aliphatic carbocycles. The molecular weight excluding hydrogens is 452 g/mol. The van der Waals surface area contributed by atoms with E-state index in [1.54, 1.807) is 63.6 Å². The van der Waals surface area contributed by atoms with Crippen molar-refractivity contribution in [1.29, 1.82) is 0 Å². The number of anilines is 1. The molecule has 0 saturated heterocycles. The van der Waals surface area contributed by atoms with Crippen molar-refractivity contribution >= 4 is 21.6 Å². The Kier molecular flexibility index (Phi) is 7.51. The van der Waals surface area contributed by atoms with Crippen molar-refractivity contribution in [1.82, 2.24) is 5.32 Å². The number of amides is 1. The summed E-state index contributed by atoms with van der Waals surface area (Å²) in [6.07, 6.45) is 0. The standard InChI is InChI=1S/C26H30N2O5S/c1-16-11-17(2)13-21(12-16)28-34(30,31)25-14-20(8-7-18(25)3)26(29)27-19(4)23-15-22(32-5)9-10-24(23)33-6/h7-15,19,28H,1-6H3,(H,27,29)/t19-/m1/s1. The number of carbonyl (C=O) groups is 1. The normalized spacial score (nSPS) is 12.1. The molecule has 0 unspecified atom stereocenters. The summed E-state index contributed by atoms with van der Waals surface area (Å²) in [6, 6.07) is 15.0.